The van der Waals surface area contributed by atoms with Crippen LogP contribution in [0.25, 0.3) is 0 Å². The van der Waals surface area contributed by atoms with Crippen LogP contribution in [0.2, 0.25) is 0 Å². The molecule has 2 rings (SSSR count). The maximum Gasteiger partial charge on any atom is 0.224 e. The van der Waals surface area contributed by atoms with E-state index in [-0.39, 0.29) is 30.1 Å². The summed E-state index contributed by atoms with van der Waals surface area (Å²) in [5, 5.41) is 2.88. The average Bonchev–Trinajstić information content (AvgIpc) is 2.89. The Labute approximate surface area is 137 Å². The lowest BCUT2D eigenvalue weighted by molar-refractivity contribution is -0.128. The normalized spacial score (nSPS) is 15.4. The zero-order chi connectivity index (χ0) is 15.2. The monoisotopic (exact) mass is 325 g/mol. The molecular weight excluding hydrogens is 302 g/mol. The Kier molecular flexibility index (Phi) is 7.35. The standard InChI is InChI=1S/C16H23N3O2.ClH/c1-12(9-17)16(21)18-10-13-4-2-5-14(8-13)11-19-7-3-6-15(19)20;/h2,4-5,8,12H,3,6-7,9-11,17H2,1H3,(H,18,21);1H. The van der Waals surface area contributed by atoms with E-state index in [0.717, 1.165) is 24.1 Å². The van der Waals surface area contributed by atoms with Crippen LogP contribution in [-0.2, 0) is 22.7 Å². The smallest absolute Gasteiger partial charge is 0.224 e. The Hall–Kier alpha value is -1.59. The number of amides is 2. The van der Waals surface area contributed by atoms with Gasteiger partial charge in [-0.1, -0.05) is 31.2 Å². The second-order valence-corrected chi connectivity index (χ2v) is 5.59. The SMILES string of the molecule is CC(CN)C(=O)NCc1cccc(CN2CCCC2=O)c1.Cl. The van der Waals surface area contributed by atoms with E-state index in [1.54, 1.807) is 0 Å². The van der Waals surface area contributed by atoms with E-state index in [0.29, 0.717) is 26.1 Å². The molecule has 3 N–H and O–H groups in total. The number of nitrogens with one attached hydrogen (secondary N) is 1. The zero-order valence-electron chi connectivity index (χ0n) is 12.9. The van der Waals surface area contributed by atoms with Crippen molar-refractivity contribution in [2.75, 3.05) is 13.1 Å². The molecule has 1 aliphatic rings. The molecule has 1 atom stereocenters. The Morgan fingerprint density at radius 1 is 1.41 bits per heavy atom. The van der Waals surface area contributed by atoms with Crippen LogP contribution in [0, 0.1) is 5.92 Å². The highest BCUT2D eigenvalue weighted by Gasteiger charge is 2.19. The quantitative estimate of drug-likeness (QED) is 0.831. The number of nitrogens with zero attached hydrogens (tertiary/aromatic N) is 1. The molecule has 122 valence electrons. The van der Waals surface area contributed by atoms with Crippen molar-refractivity contribution in [3.05, 3.63) is 35.4 Å². The minimum Gasteiger partial charge on any atom is -0.352 e. The molecule has 0 radical (unpaired) electrons. The third kappa shape index (κ3) is 5.00. The molecule has 0 saturated carbocycles. The molecule has 22 heavy (non-hydrogen) atoms. The van der Waals surface area contributed by atoms with Crippen molar-refractivity contribution in [2.24, 2.45) is 11.7 Å². The molecule has 0 aliphatic carbocycles. The molecule has 1 saturated heterocycles. The predicted molar refractivity (Wildman–Crippen MR) is 88.4 cm³/mol. The summed E-state index contributed by atoms with van der Waals surface area (Å²) in [4.78, 5) is 25.2. The lowest BCUT2D eigenvalue weighted by Crippen LogP contribution is -2.32. The molecule has 1 heterocycles. The number of benzene rings is 1. The second-order valence-electron chi connectivity index (χ2n) is 5.59. The Morgan fingerprint density at radius 3 is 2.77 bits per heavy atom. The van der Waals surface area contributed by atoms with Gasteiger partial charge in [0.15, 0.2) is 0 Å². The fourth-order valence-electron chi connectivity index (χ4n) is 2.40. The van der Waals surface area contributed by atoms with Crippen LogP contribution >= 0.6 is 12.4 Å². The van der Waals surface area contributed by atoms with Crippen molar-refractivity contribution in [3.63, 3.8) is 0 Å². The molecule has 0 bridgehead atoms. The zero-order valence-corrected chi connectivity index (χ0v) is 13.7. The first kappa shape index (κ1) is 18.5. The van der Waals surface area contributed by atoms with Crippen LogP contribution in [0.5, 0.6) is 0 Å². The number of likely N-dealkylation sites (tertiary alicyclic amines) is 1. The molecule has 1 aliphatic heterocycles. The van der Waals surface area contributed by atoms with Gasteiger partial charge in [0.05, 0.1) is 0 Å². The van der Waals surface area contributed by atoms with Gasteiger partial charge in [0.1, 0.15) is 0 Å². The Morgan fingerprint density at radius 2 is 2.14 bits per heavy atom. The number of hydrogen-bond acceptors (Lipinski definition) is 3. The van der Waals surface area contributed by atoms with E-state index in [9.17, 15) is 9.59 Å². The fourth-order valence-corrected chi connectivity index (χ4v) is 2.40. The van der Waals surface area contributed by atoms with Gasteiger partial charge in [-0.2, -0.15) is 0 Å². The molecule has 1 aromatic rings. The fraction of sp³-hybridized carbons (Fsp3) is 0.500. The first-order valence-corrected chi connectivity index (χ1v) is 7.43. The van der Waals surface area contributed by atoms with Crippen LogP contribution in [0.15, 0.2) is 24.3 Å². The minimum atomic E-state index is -0.171. The number of hydrogen-bond donors (Lipinski definition) is 2. The summed E-state index contributed by atoms with van der Waals surface area (Å²) in [5.41, 5.74) is 7.61. The van der Waals surface area contributed by atoms with Crippen molar-refractivity contribution in [1.29, 1.82) is 0 Å². The van der Waals surface area contributed by atoms with Crippen LogP contribution in [-0.4, -0.2) is 29.8 Å². The molecule has 1 unspecified atom stereocenters. The molecule has 0 spiro atoms. The summed E-state index contributed by atoms with van der Waals surface area (Å²) in [7, 11) is 0. The van der Waals surface area contributed by atoms with E-state index >= 15 is 0 Å². The van der Waals surface area contributed by atoms with Crippen molar-refractivity contribution in [1.82, 2.24) is 10.2 Å². The first-order valence-electron chi connectivity index (χ1n) is 7.43. The largest absolute Gasteiger partial charge is 0.352 e. The van der Waals surface area contributed by atoms with E-state index in [1.807, 2.05) is 36.1 Å². The highest BCUT2D eigenvalue weighted by Crippen LogP contribution is 2.15. The lowest BCUT2D eigenvalue weighted by Gasteiger charge is -2.16. The molecule has 1 fully saturated rings. The summed E-state index contributed by atoms with van der Waals surface area (Å²) < 4.78 is 0. The molecule has 6 heteroatoms. The minimum absolute atomic E-state index is 0. The van der Waals surface area contributed by atoms with Crippen LogP contribution in [0.4, 0.5) is 0 Å². The number of carbonyl (C=O) groups is 2. The Balaban J connectivity index is 0.00000242. The summed E-state index contributed by atoms with van der Waals surface area (Å²) in [5.74, 6) is 0.0264. The van der Waals surface area contributed by atoms with Gasteiger partial charge in [0.25, 0.3) is 0 Å². The summed E-state index contributed by atoms with van der Waals surface area (Å²) in [6.45, 7) is 4.15. The van der Waals surface area contributed by atoms with Gasteiger partial charge in [-0.05, 0) is 17.5 Å². The number of nitrogens with two attached hydrogens (primary N) is 1. The van der Waals surface area contributed by atoms with Gasteiger partial charge in [-0.3, -0.25) is 9.59 Å². The van der Waals surface area contributed by atoms with Crippen LogP contribution in [0.3, 0.4) is 0 Å². The van der Waals surface area contributed by atoms with E-state index in [2.05, 4.69) is 5.32 Å². The van der Waals surface area contributed by atoms with Crippen molar-refractivity contribution in [2.45, 2.75) is 32.9 Å². The summed E-state index contributed by atoms with van der Waals surface area (Å²) >= 11 is 0. The Bertz CT molecular complexity index is 522. The van der Waals surface area contributed by atoms with Crippen molar-refractivity contribution >= 4 is 24.2 Å². The highest BCUT2D eigenvalue weighted by atomic mass is 35.5. The van der Waals surface area contributed by atoms with E-state index < -0.39 is 0 Å². The number of rotatable bonds is 6. The van der Waals surface area contributed by atoms with Crippen molar-refractivity contribution in [3.8, 4) is 0 Å². The third-order valence-electron chi connectivity index (χ3n) is 3.80. The number of halogens is 1. The van der Waals surface area contributed by atoms with E-state index in [1.165, 1.54) is 0 Å². The van der Waals surface area contributed by atoms with Gasteiger partial charge in [0.2, 0.25) is 11.8 Å². The molecule has 2 amide bonds. The molecular formula is C16H24ClN3O2. The van der Waals surface area contributed by atoms with Crippen molar-refractivity contribution < 1.29 is 9.59 Å². The van der Waals surface area contributed by atoms with Gasteiger partial charge < -0.3 is 16.0 Å². The number of carbonyl (C=O) groups excluding carboxylic acids is 2. The first-order chi connectivity index (χ1) is 10.1. The second kappa shape index (κ2) is 8.76. The lowest BCUT2D eigenvalue weighted by atomic mass is 10.1. The summed E-state index contributed by atoms with van der Waals surface area (Å²) in [6, 6.07) is 7.99. The predicted octanol–water partition coefficient (Wildman–Crippen LogP) is 1.44. The van der Waals surface area contributed by atoms with Gasteiger partial charge in [-0.25, -0.2) is 0 Å². The average molecular weight is 326 g/mol. The molecule has 1 aromatic carbocycles. The van der Waals surface area contributed by atoms with Gasteiger partial charge >= 0.3 is 0 Å². The van der Waals surface area contributed by atoms with E-state index in [4.69, 9.17) is 5.73 Å². The highest BCUT2D eigenvalue weighted by molar-refractivity contribution is 5.85. The maximum atomic E-state index is 11.7. The topological polar surface area (TPSA) is 75.4 Å². The van der Waals surface area contributed by atoms with Crippen LogP contribution in [0.1, 0.15) is 30.9 Å². The van der Waals surface area contributed by atoms with Gasteiger partial charge in [-0.15, -0.1) is 12.4 Å². The maximum absolute atomic E-state index is 11.7. The molecule has 5 nitrogen and oxygen atoms in total. The summed E-state index contributed by atoms with van der Waals surface area (Å²) in [6.07, 6.45) is 1.61. The van der Waals surface area contributed by atoms with Crippen LogP contribution < -0.4 is 11.1 Å². The third-order valence-corrected chi connectivity index (χ3v) is 3.80. The molecule has 0 aromatic heterocycles. The van der Waals surface area contributed by atoms with Gasteiger partial charge in [0, 0.05) is 38.5 Å².